The minimum atomic E-state index is -0.504. The maximum absolute atomic E-state index is 10.1. The largest absolute Gasteiger partial charge is 0.493 e. The summed E-state index contributed by atoms with van der Waals surface area (Å²) in [6, 6.07) is 7.76. The number of ether oxygens (including phenoxy) is 2. The first-order valence-electron chi connectivity index (χ1n) is 7.27. The number of nitrogens with zero attached hydrogens (tertiary/aromatic N) is 1. The van der Waals surface area contributed by atoms with Gasteiger partial charge in [0, 0.05) is 18.1 Å². The molecule has 4 heteroatoms. The first-order valence-corrected chi connectivity index (χ1v) is 7.27. The zero-order valence-electron chi connectivity index (χ0n) is 13.1. The van der Waals surface area contributed by atoms with E-state index in [2.05, 4.69) is 6.07 Å². The average Bonchev–Trinajstić information content (AvgIpc) is 2.36. The fourth-order valence-corrected chi connectivity index (χ4v) is 2.36. The van der Waals surface area contributed by atoms with Gasteiger partial charge in [0.05, 0.1) is 24.2 Å². The average molecular weight is 289 g/mol. The Morgan fingerprint density at radius 2 is 2.19 bits per heavy atom. The minimum Gasteiger partial charge on any atom is -0.493 e. The van der Waals surface area contributed by atoms with Gasteiger partial charge in [0.1, 0.15) is 17.1 Å². The van der Waals surface area contributed by atoms with Gasteiger partial charge in [-0.3, -0.25) is 0 Å². The van der Waals surface area contributed by atoms with Crippen molar-refractivity contribution in [3.05, 3.63) is 23.8 Å². The SMILES string of the molecule is CC(C)(C#N)CCOc1ccc2c(c1)OC(C)(C)CC2O. The summed E-state index contributed by atoms with van der Waals surface area (Å²) in [6.07, 6.45) is 0.738. The molecule has 0 saturated heterocycles. The minimum absolute atomic E-state index is 0.381. The van der Waals surface area contributed by atoms with E-state index in [0.29, 0.717) is 30.9 Å². The van der Waals surface area contributed by atoms with Gasteiger partial charge in [0.25, 0.3) is 0 Å². The van der Waals surface area contributed by atoms with Gasteiger partial charge < -0.3 is 14.6 Å². The molecule has 0 aliphatic carbocycles. The van der Waals surface area contributed by atoms with Gasteiger partial charge in [-0.15, -0.1) is 0 Å². The van der Waals surface area contributed by atoms with E-state index in [1.165, 1.54) is 0 Å². The molecule has 0 saturated carbocycles. The Hall–Kier alpha value is -1.73. The van der Waals surface area contributed by atoms with Crippen molar-refractivity contribution in [3.8, 4) is 17.6 Å². The molecule has 1 unspecified atom stereocenters. The second-order valence-electron chi connectivity index (χ2n) is 6.88. The van der Waals surface area contributed by atoms with E-state index in [1.54, 1.807) is 0 Å². The van der Waals surface area contributed by atoms with Crippen molar-refractivity contribution in [1.82, 2.24) is 0 Å². The monoisotopic (exact) mass is 289 g/mol. The second-order valence-corrected chi connectivity index (χ2v) is 6.88. The predicted molar refractivity (Wildman–Crippen MR) is 80.2 cm³/mol. The van der Waals surface area contributed by atoms with Crippen LogP contribution >= 0.6 is 0 Å². The Balaban J connectivity index is 2.06. The Kier molecular flexibility index (Phi) is 4.15. The highest BCUT2D eigenvalue weighted by atomic mass is 16.5. The number of nitriles is 1. The number of rotatable bonds is 4. The van der Waals surface area contributed by atoms with Crippen LogP contribution in [0.25, 0.3) is 0 Å². The van der Waals surface area contributed by atoms with E-state index in [4.69, 9.17) is 14.7 Å². The standard InChI is InChI=1S/C17H23NO3/c1-16(2,11-18)7-8-20-12-5-6-13-14(19)10-17(3,4)21-15(13)9-12/h5-6,9,14,19H,7-8,10H2,1-4H3. The maximum Gasteiger partial charge on any atom is 0.129 e. The van der Waals surface area contributed by atoms with Crippen LogP contribution < -0.4 is 9.47 Å². The highest BCUT2D eigenvalue weighted by Gasteiger charge is 2.32. The van der Waals surface area contributed by atoms with E-state index >= 15 is 0 Å². The van der Waals surface area contributed by atoms with E-state index in [0.717, 1.165) is 5.56 Å². The third-order valence-corrected chi connectivity index (χ3v) is 3.71. The zero-order valence-corrected chi connectivity index (χ0v) is 13.1. The molecule has 0 bridgehead atoms. The lowest BCUT2D eigenvalue weighted by molar-refractivity contribution is 0.0113. The third-order valence-electron chi connectivity index (χ3n) is 3.71. The highest BCUT2D eigenvalue weighted by Crippen LogP contribution is 2.41. The fourth-order valence-electron chi connectivity index (χ4n) is 2.36. The fraction of sp³-hybridized carbons (Fsp3) is 0.588. The molecule has 1 aromatic carbocycles. The van der Waals surface area contributed by atoms with Gasteiger partial charge in [-0.1, -0.05) is 0 Å². The molecule has 2 rings (SSSR count). The normalized spacial score (nSPS) is 20.1. The van der Waals surface area contributed by atoms with Crippen molar-refractivity contribution in [2.75, 3.05) is 6.61 Å². The second kappa shape index (κ2) is 5.57. The molecule has 0 radical (unpaired) electrons. The molecule has 1 aliphatic rings. The van der Waals surface area contributed by atoms with Crippen molar-refractivity contribution in [3.63, 3.8) is 0 Å². The van der Waals surface area contributed by atoms with Crippen molar-refractivity contribution in [1.29, 1.82) is 5.26 Å². The zero-order chi connectivity index (χ0) is 15.7. The summed E-state index contributed by atoms with van der Waals surface area (Å²) in [5, 5.41) is 19.1. The molecule has 21 heavy (non-hydrogen) atoms. The summed E-state index contributed by atoms with van der Waals surface area (Å²) >= 11 is 0. The van der Waals surface area contributed by atoms with Gasteiger partial charge in [0.2, 0.25) is 0 Å². The Labute approximate surface area is 126 Å². The van der Waals surface area contributed by atoms with Crippen LogP contribution in [0.1, 0.15) is 52.2 Å². The van der Waals surface area contributed by atoms with Crippen LogP contribution in [0.5, 0.6) is 11.5 Å². The maximum atomic E-state index is 10.1. The summed E-state index contributed by atoms with van der Waals surface area (Å²) in [4.78, 5) is 0. The van der Waals surface area contributed by atoms with E-state index in [9.17, 15) is 5.11 Å². The number of hydrogen-bond donors (Lipinski definition) is 1. The van der Waals surface area contributed by atoms with Gasteiger partial charge in [-0.2, -0.15) is 5.26 Å². The molecule has 0 amide bonds. The number of fused-ring (bicyclic) bond motifs is 1. The van der Waals surface area contributed by atoms with Crippen molar-refractivity contribution in [2.24, 2.45) is 5.41 Å². The molecule has 1 heterocycles. The molecule has 1 atom stereocenters. The van der Waals surface area contributed by atoms with Crippen LogP contribution in [0.3, 0.4) is 0 Å². The van der Waals surface area contributed by atoms with Crippen LogP contribution in [0.4, 0.5) is 0 Å². The molecule has 1 aromatic rings. The molecule has 0 aromatic heterocycles. The molecular weight excluding hydrogens is 266 g/mol. The molecular formula is C17H23NO3. The van der Waals surface area contributed by atoms with Crippen molar-refractivity contribution >= 4 is 0 Å². The van der Waals surface area contributed by atoms with Crippen LogP contribution in [0.15, 0.2) is 18.2 Å². The lowest BCUT2D eigenvalue weighted by Gasteiger charge is -2.35. The summed E-state index contributed by atoms with van der Waals surface area (Å²) < 4.78 is 11.6. The number of benzene rings is 1. The molecule has 1 aliphatic heterocycles. The predicted octanol–water partition coefficient (Wildman–Crippen LogP) is 3.60. The lowest BCUT2D eigenvalue weighted by atomic mass is 9.91. The summed E-state index contributed by atoms with van der Waals surface area (Å²) in [5.74, 6) is 1.38. The number of hydrogen-bond acceptors (Lipinski definition) is 4. The topological polar surface area (TPSA) is 62.5 Å². The summed E-state index contributed by atoms with van der Waals surface area (Å²) in [6.45, 7) is 8.19. The molecule has 1 N–H and O–H groups in total. The van der Waals surface area contributed by atoms with Crippen LogP contribution in [-0.4, -0.2) is 17.3 Å². The first-order chi connectivity index (χ1) is 9.72. The highest BCUT2D eigenvalue weighted by molar-refractivity contribution is 5.43. The van der Waals surface area contributed by atoms with E-state index in [-0.39, 0.29) is 11.0 Å². The first kappa shape index (κ1) is 15.7. The summed E-state index contributed by atoms with van der Waals surface area (Å²) in [7, 11) is 0. The lowest BCUT2D eigenvalue weighted by Crippen LogP contribution is -2.34. The van der Waals surface area contributed by atoms with Gasteiger partial charge in [0.15, 0.2) is 0 Å². The van der Waals surface area contributed by atoms with Crippen LogP contribution in [-0.2, 0) is 0 Å². The number of aliphatic hydroxyl groups is 1. The smallest absolute Gasteiger partial charge is 0.129 e. The van der Waals surface area contributed by atoms with Crippen LogP contribution in [0.2, 0.25) is 0 Å². The van der Waals surface area contributed by atoms with Crippen molar-refractivity contribution < 1.29 is 14.6 Å². The van der Waals surface area contributed by atoms with E-state index < -0.39 is 6.10 Å². The van der Waals surface area contributed by atoms with E-state index in [1.807, 2.05) is 45.9 Å². The van der Waals surface area contributed by atoms with Gasteiger partial charge in [-0.25, -0.2) is 0 Å². The van der Waals surface area contributed by atoms with Crippen LogP contribution in [0, 0.1) is 16.7 Å². The summed E-state index contributed by atoms with van der Waals surface area (Å²) in [5.41, 5.74) is 0.0375. The van der Waals surface area contributed by atoms with Gasteiger partial charge >= 0.3 is 0 Å². The Morgan fingerprint density at radius 1 is 1.48 bits per heavy atom. The van der Waals surface area contributed by atoms with Gasteiger partial charge in [-0.05, 0) is 46.2 Å². The molecule has 4 nitrogen and oxygen atoms in total. The third kappa shape index (κ3) is 3.89. The Morgan fingerprint density at radius 3 is 2.86 bits per heavy atom. The molecule has 0 fully saturated rings. The molecule has 114 valence electrons. The molecule has 0 spiro atoms. The Bertz CT molecular complexity index is 558. The quantitative estimate of drug-likeness (QED) is 0.920. The van der Waals surface area contributed by atoms with Crippen molar-refractivity contribution in [2.45, 2.75) is 52.2 Å². The number of aliphatic hydroxyl groups excluding tert-OH is 1.